The van der Waals surface area contributed by atoms with E-state index in [9.17, 15) is 4.39 Å². The normalized spacial score (nSPS) is 12.8. The maximum Gasteiger partial charge on any atom is 0.123 e. The predicted molar refractivity (Wildman–Crippen MR) is 63.0 cm³/mol. The number of benzene rings is 1. The van der Waals surface area contributed by atoms with Gasteiger partial charge in [-0.1, -0.05) is 0 Å². The highest BCUT2D eigenvalue weighted by atomic mass is 19.1. The molecule has 0 saturated carbocycles. The van der Waals surface area contributed by atoms with Crippen molar-refractivity contribution in [2.24, 2.45) is 0 Å². The first-order chi connectivity index (χ1) is 7.59. The van der Waals surface area contributed by atoms with Gasteiger partial charge in [-0.15, -0.1) is 0 Å². The summed E-state index contributed by atoms with van der Waals surface area (Å²) in [4.78, 5) is 2.08. The molecule has 0 radical (unpaired) electrons. The van der Waals surface area contributed by atoms with E-state index in [2.05, 4.69) is 17.1 Å². The standard InChI is InChI=1S/C12H19FN2O/c1-10(15(2)3)14-8-9-16-12-6-4-11(13)5-7-12/h4-7,10,14H,8-9H2,1-3H3. The molecule has 4 heteroatoms. The molecular weight excluding hydrogens is 207 g/mol. The molecule has 0 amide bonds. The van der Waals surface area contributed by atoms with Crippen molar-refractivity contribution < 1.29 is 9.13 Å². The minimum absolute atomic E-state index is 0.244. The number of rotatable bonds is 6. The molecule has 16 heavy (non-hydrogen) atoms. The van der Waals surface area contributed by atoms with Crippen LogP contribution < -0.4 is 10.1 Å². The van der Waals surface area contributed by atoms with Crippen molar-refractivity contribution in [3.63, 3.8) is 0 Å². The summed E-state index contributed by atoms with van der Waals surface area (Å²) in [5.41, 5.74) is 0. The van der Waals surface area contributed by atoms with Gasteiger partial charge in [0.15, 0.2) is 0 Å². The lowest BCUT2D eigenvalue weighted by atomic mass is 10.3. The summed E-state index contributed by atoms with van der Waals surface area (Å²) in [6.45, 7) is 3.42. The van der Waals surface area contributed by atoms with Crippen molar-refractivity contribution in [3.8, 4) is 5.75 Å². The minimum atomic E-state index is -0.244. The Labute approximate surface area is 96.2 Å². The SMILES string of the molecule is CC(NCCOc1ccc(F)cc1)N(C)C. The first kappa shape index (κ1) is 12.9. The van der Waals surface area contributed by atoms with Crippen LogP contribution in [-0.2, 0) is 0 Å². The molecule has 1 N–H and O–H groups in total. The smallest absolute Gasteiger partial charge is 0.123 e. The van der Waals surface area contributed by atoms with Crippen LogP contribution in [0.2, 0.25) is 0 Å². The van der Waals surface area contributed by atoms with Crippen LogP contribution in [0.4, 0.5) is 4.39 Å². The molecular formula is C12H19FN2O. The lowest BCUT2D eigenvalue weighted by Crippen LogP contribution is -2.40. The summed E-state index contributed by atoms with van der Waals surface area (Å²) < 4.78 is 18.0. The summed E-state index contributed by atoms with van der Waals surface area (Å²) in [6.07, 6.45) is 0.316. The quantitative estimate of drug-likeness (QED) is 0.590. The second-order valence-corrected chi connectivity index (χ2v) is 3.90. The van der Waals surface area contributed by atoms with Crippen LogP contribution in [0.5, 0.6) is 5.75 Å². The third kappa shape index (κ3) is 4.59. The summed E-state index contributed by atoms with van der Waals surface area (Å²) in [7, 11) is 4.02. The Morgan fingerprint density at radius 2 is 1.94 bits per heavy atom. The Kier molecular flexibility index (Phi) is 5.22. The highest BCUT2D eigenvalue weighted by Crippen LogP contribution is 2.10. The zero-order chi connectivity index (χ0) is 12.0. The minimum Gasteiger partial charge on any atom is -0.492 e. The van der Waals surface area contributed by atoms with Gasteiger partial charge in [-0.05, 0) is 45.3 Å². The summed E-state index contributed by atoms with van der Waals surface area (Å²) >= 11 is 0. The molecule has 1 aromatic carbocycles. The van der Waals surface area contributed by atoms with E-state index in [4.69, 9.17) is 4.74 Å². The fraction of sp³-hybridized carbons (Fsp3) is 0.500. The molecule has 0 bridgehead atoms. The van der Waals surface area contributed by atoms with Crippen molar-refractivity contribution in [1.82, 2.24) is 10.2 Å². The van der Waals surface area contributed by atoms with Crippen molar-refractivity contribution >= 4 is 0 Å². The lowest BCUT2D eigenvalue weighted by Gasteiger charge is -2.21. The number of ether oxygens (including phenoxy) is 1. The van der Waals surface area contributed by atoms with Gasteiger partial charge in [0.05, 0.1) is 6.17 Å². The Bertz CT molecular complexity index is 300. The molecule has 0 aromatic heterocycles. The van der Waals surface area contributed by atoms with Crippen molar-refractivity contribution in [3.05, 3.63) is 30.1 Å². The van der Waals surface area contributed by atoms with Crippen LogP contribution in [-0.4, -0.2) is 38.3 Å². The monoisotopic (exact) mass is 226 g/mol. The van der Waals surface area contributed by atoms with Gasteiger partial charge in [0, 0.05) is 6.54 Å². The summed E-state index contributed by atoms with van der Waals surface area (Å²) in [6, 6.07) is 6.05. The van der Waals surface area contributed by atoms with E-state index in [-0.39, 0.29) is 5.82 Å². The molecule has 0 aliphatic heterocycles. The van der Waals surface area contributed by atoms with Crippen molar-refractivity contribution in [2.75, 3.05) is 27.2 Å². The van der Waals surface area contributed by atoms with Crippen LogP contribution in [0.3, 0.4) is 0 Å². The number of nitrogens with one attached hydrogen (secondary N) is 1. The van der Waals surface area contributed by atoms with Gasteiger partial charge in [0.25, 0.3) is 0 Å². The van der Waals surface area contributed by atoms with Crippen LogP contribution in [0.1, 0.15) is 6.92 Å². The molecule has 0 fully saturated rings. The third-order valence-electron chi connectivity index (χ3n) is 2.40. The van der Waals surface area contributed by atoms with Gasteiger partial charge >= 0.3 is 0 Å². The molecule has 0 aliphatic rings. The molecule has 0 heterocycles. The third-order valence-corrected chi connectivity index (χ3v) is 2.40. The van der Waals surface area contributed by atoms with E-state index in [1.165, 1.54) is 12.1 Å². The van der Waals surface area contributed by atoms with E-state index >= 15 is 0 Å². The van der Waals surface area contributed by atoms with E-state index < -0.39 is 0 Å². The number of hydrogen-bond acceptors (Lipinski definition) is 3. The van der Waals surface area contributed by atoms with Gasteiger partial charge < -0.3 is 4.74 Å². The van der Waals surface area contributed by atoms with Gasteiger partial charge in [-0.3, -0.25) is 10.2 Å². The Hall–Kier alpha value is -1.13. The lowest BCUT2D eigenvalue weighted by molar-refractivity contribution is 0.239. The van der Waals surface area contributed by atoms with E-state index in [0.717, 1.165) is 6.54 Å². The first-order valence-corrected chi connectivity index (χ1v) is 5.38. The van der Waals surface area contributed by atoms with Crippen LogP contribution in [0.25, 0.3) is 0 Å². The summed E-state index contributed by atoms with van der Waals surface area (Å²) in [5.74, 6) is 0.451. The van der Waals surface area contributed by atoms with E-state index in [1.54, 1.807) is 12.1 Å². The van der Waals surface area contributed by atoms with Gasteiger partial charge in [0.2, 0.25) is 0 Å². The van der Waals surface area contributed by atoms with E-state index in [1.807, 2.05) is 14.1 Å². The first-order valence-electron chi connectivity index (χ1n) is 5.38. The highest BCUT2D eigenvalue weighted by Gasteiger charge is 2.02. The molecule has 1 atom stereocenters. The Morgan fingerprint density at radius 1 is 1.31 bits per heavy atom. The fourth-order valence-electron chi connectivity index (χ4n) is 1.15. The van der Waals surface area contributed by atoms with Crippen molar-refractivity contribution in [2.45, 2.75) is 13.1 Å². The van der Waals surface area contributed by atoms with Crippen LogP contribution in [0, 0.1) is 5.82 Å². The largest absolute Gasteiger partial charge is 0.492 e. The van der Waals surface area contributed by atoms with Crippen LogP contribution >= 0.6 is 0 Å². The molecule has 1 rings (SSSR count). The number of hydrogen-bond donors (Lipinski definition) is 1. The maximum atomic E-state index is 12.6. The average Bonchev–Trinajstić information content (AvgIpc) is 2.26. The molecule has 0 aliphatic carbocycles. The molecule has 3 nitrogen and oxygen atoms in total. The second-order valence-electron chi connectivity index (χ2n) is 3.90. The van der Waals surface area contributed by atoms with E-state index in [0.29, 0.717) is 18.5 Å². The summed E-state index contributed by atoms with van der Waals surface area (Å²) in [5, 5.41) is 3.29. The molecule has 1 unspecified atom stereocenters. The van der Waals surface area contributed by atoms with Crippen molar-refractivity contribution in [1.29, 1.82) is 0 Å². The van der Waals surface area contributed by atoms with Gasteiger partial charge in [0.1, 0.15) is 18.2 Å². The molecule has 1 aromatic rings. The zero-order valence-electron chi connectivity index (χ0n) is 10.0. The highest BCUT2D eigenvalue weighted by molar-refractivity contribution is 5.21. The number of halogens is 1. The van der Waals surface area contributed by atoms with Gasteiger partial charge in [-0.25, -0.2) is 4.39 Å². The zero-order valence-corrected chi connectivity index (χ0v) is 10.0. The second kappa shape index (κ2) is 6.45. The Balaban J connectivity index is 2.18. The molecule has 90 valence electrons. The predicted octanol–water partition coefficient (Wildman–Crippen LogP) is 1.70. The molecule has 0 spiro atoms. The Morgan fingerprint density at radius 3 is 2.50 bits per heavy atom. The average molecular weight is 226 g/mol. The molecule has 0 saturated heterocycles. The fourth-order valence-corrected chi connectivity index (χ4v) is 1.15. The van der Waals surface area contributed by atoms with Gasteiger partial charge in [-0.2, -0.15) is 0 Å². The number of nitrogens with zero attached hydrogens (tertiary/aromatic N) is 1. The maximum absolute atomic E-state index is 12.6. The topological polar surface area (TPSA) is 24.5 Å². The van der Waals surface area contributed by atoms with Crippen LogP contribution in [0.15, 0.2) is 24.3 Å².